The van der Waals surface area contributed by atoms with E-state index in [-0.39, 0.29) is 11.3 Å². The Morgan fingerprint density at radius 3 is 2.62 bits per heavy atom. The number of anilines is 1. The molecule has 1 heterocycles. The zero-order valence-electron chi connectivity index (χ0n) is 18.1. The molecule has 0 bridgehead atoms. The third kappa shape index (κ3) is 4.98. The van der Waals surface area contributed by atoms with Crippen molar-refractivity contribution in [3.05, 3.63) is 89.1 Å². The highest BCUT2D eigenvalue weighted by Crippen LogP contribution is 2.31. The molecule has 6 nitrogen and oxygen atoms in total. The summed E-state index contributed by atoms with van der Waals surface area (Å²) in [6.07, 6.45) is 1.75. The SMILES string of the molecule is CC(C)(C)c1ccccc1N=C(NC(=O)c1cccc(Cl)c1)Nc1ccc2[nH]ncc2c1. The first-order valence-corrected chi connectivity index (χ1v) is 10.6. The Bertz CT molecular complexity index is 1300. The molecule has 3 N–H and O–H groups in total. The van der Waals surface area contributed by atoms with Gasteiger partial charge in [-0.15, -0.1) is 0 Å². The van der Waals surface area contributed by atoms with Crippen molar-refractivity contribution in [2.24, 2.45) is 4.99 Å². The number of benzene rings is 3. The number of para-hydroxylation sites is 1. The van der Waals surface area contributed by atoms with Gasteiger partial charge in [0.2, 0.25) is 5.96 Å². The molecule has 0 fully saturated rings. The van der Waals surface area contributed by atoms with Crippen LogP contribution in [0.5, 0.6) is 0 Å². The zero-order chi connectivity index (χ0) is 22.7. The van der Waals surface area contributed by atoms with Crippen molar-refractivity contribution in [2.75, 3.05) is 5.32 Å². The number of aromatic nitrogens is 2. The van der Waals surface area contributed by atoms with Crippen molar-refractivity contribution in [3.63, 3.8) is 0 Å². The molecule has 0 aliphatic rings. The predicted octanol–water partition coefficient (Wildman–Crippen LogP) is 6.04. The van der Waals surface area contributed by atoms with Gasteiger partial charge in [0.15, 0.2) is 0 Å². The summed E-state index contributed by atoms with van der Waals surface area (Å²) in [7, 11) is 0. The number of halogens is 1. The molecule has 0 aliphatic carbocycles. The molecule has 0 saturated carbocycles. The van der Waals surface area contributed by atoms with E-state index >= 15 is 0 Å². The minimum Gasteiger partial charge on any atom is -0.326 e. The van der Waals surface area contributed by atoms with Crippen LogP contribution in [0.25, 0.3) is 10.9 Å². The molecule has 162 valence electrons. The number of guanidine groups is 1. The molecule has 0 aliphatic heterocycles. The van der Waals surface area contributed by atoms with Crippen LogP contribution in [0.15, 0.2) is 77.9 Å². The topological polar surface area (TPSA) is 82.2 Å². The lowest BCUT2D eigenvalue weighted by Crippen LogP contribution is -2.36. The molecule has 0 radical (unpaired) electrons. The Hall–Kier alpha value is -3.64. The van der Waals surface area contributed by atoms with Crippen molar-refractivity contribution in [2.45, 2.75) is 26.2 Å². The summed E-state index contributed by atoms with van der Waals surface area (Å²) in [5.74, 6) is 0.00546. The number of hydrogen-bond acceptors (Lipinski definition) is 3. The lowest BCUT2D eigenvalue weighted by atomic mass is 9.86. The first-order valence-electron chi connectivity index (χ1n) is 10.2. The van der Waals surface area contributed by atoms with E-state index in [1.807, 2.05) is 42.5 Å². The van der Waals surface area contributed by atoms with E-state index in [9.17, 15) is 4.79 Å². The van der Waals surface area contributed by atoms with Crippen LogP contribution in [0.1, 0.15) is 36.7 Å². The van der Waals surface area contributed by atoms with Crippen molar-refractivity contribution in [3.8, 4) is 0 Å². The van der Waals surface area contributed by atoms with E-state index in [1.54, 1.807) is 30.5 Å². The van der Waals surface area contributed by atoms with E-state index in [4.69, 9.17) is 16.6 Å². The van der Waals surface area contributed by atoms with Crippen LogP contribution in [0.2, 0.25) is 5.02 Å². The number of carbonyl (C=O) groups is 1. The van der Waals surface area contributed by atoms with E-state index in [1.165, 1.54) is 0 Å². The number of aliphatic imine (C=N–C) groups is 1. The first kappa shape index (κ1) is 21.6. The van der Waals surface area contributed by atoms with Gasteiger partial charge in [-0.1, -0.05) is 56.6 Å². The van der Waals surface area contributed by atoms with Crippen LogP contribution >= 0.6 is 11.6 Å². The van der Waals surface area contributed by atoms with Crippen LogP contribution in [0.3, 0.4) is 0 Å². The molecular formula is C25H24ClN5O. The van der Waals surface area contributed by atoms with Gasteiger partial charge in [-0.2, -0.15) is 5.10 Å². The molecule has 0 saturated heterocycles. The van der Waals surface area contributed by atoms with E-state index < -0.39 is 0 Å². The van der Waals surface area contributed by atoms with Crippen molar-refractivity contribution < 1.29 is 4.79 Å². The van der Waals surface area contributed by atoms with Gasteiger partial charge < -0.3 is 5.32 Å². The van der Waals surface area contributed by atoms with Gasteiger partial charge in [0.05, 0.1) is 17.4 Å². The summed E-state index contributed by atoms with van der Waals surface area (Å²) in [4.78, 5) is 17.7. The molecule has 4 rings (SSSR count). The van der Waals surface area contributed by atoms with Gasteiger partial charge in [-0.25, -0.2) is 4.99 Å². The Kier molecular flexibility index (Phi) is 5.97. The average Bonchev–Trinajstić information content (AvgIpc) is 3.21. The Balaban J connectivity index is 1.72. The summed E-state index contributed by atoms with van der Waals surface area (Å²) in [6.45, 7) is 6.39. The summed E-state index contributed by atoms with van der Waals surface area (Å²) in [6, 6.07) is 20.5. The fourth-order valence-corrected chi connectivity index (χ4v) is 3.57. The number of nitrogens with one attached hydrogen (secondary N) is 3. The summed E-state index contributed by atoms with van der Waals surface area (Å²) < 4.78 is 0. The van der Waals surface area contributed by atoms with E-state index in [0.29, 0.717) is 16.5 Å². The summed E-state index contributed by atoms with van der Waals surface area (Å²) in [5.41, 5.74) is 3.88. The van der Waals surface area contributed by atoms with Crippen LogP contribution in [-0.4, -0.2) is 22.1 Å². The predicted molar refractivity (Wildman–Crippen MR) is 131 cm³/mol. The number of amides is 1. The molecule has 0 spiro atoms. The number of fused-ring (bicyclic) bond motifs is 1. The highest BCUT2D eigenvalue weighted by atomic mass is 35.5. The summed E-state index contributed by atoms with van der Waals surface area (Å²) >= 11 is 6.07. The highest BCUT2D eigenvalue weighted by molar-refractivity contribution is 6.31. The number of H-pyrrole nitrogens is 1. The number of aromatic amines is 1. The molecule has 0 atom stereocenters. The van der Waals surface area contributed by atoms with Crippen LogP contribution in [0, 0.1) is 0 Å². The van der Waals surface area contributed by atoms with Gasteiger partial charge in [-0.05, 0) is 53.4 Å². The largest absolute Gasteiger partial charge is 0.326 e. The fraction of sp³-hybridized carbons (Fsp3) is 0.160. The van der Waals surface area contributed by atoms with Crippen molar-refractivity contribution >= 4 is 45.7 Å². The molecule has 3 aromatic carbocycles. The second kappa shape index (κ2) is 8.85. The zero-order valence-corrected chi connectivity index (χ0v) is 18.9. The van der Waals surface area contributed by atoms with Crippen molar-refractivity contribution in [1.82, 2.24) is 15.5 Å². The lowest BCUT2D eigenvalue weighted by molar-refractivity contribution is 0.0977. The minimum absolute atomic E-state index is 0.113. The van der Waals surface area contributed by atoms with Gasteiger partial charge in [0.1, 0.15) is 0 Å². The number of rotatable bonds is 3. The highest BCUT2D eigenvalue weighted by Gasteiger charge is 2.18. The number of nitrogens with zero attached hydrogens (tertiary/aromatic N) is 2. The Morgan fingerprint density at radius 2 is 1.84 bits per heavy atom. The van der Waals surface area contributed by atoms with Gasteiger partial charge >= 0.3 is 0 Å². The molecule has 4 aromatic rings. The molecule has 1 aromatic heterocycles. The van der Waals surface area contributed by atoms with E-state index in [2.05, 4.69) is 41.6 Å². The third-order valence-electron chi connectivity index (χ3n) is 4.97. The quantitative estimate of drug-likeness (QED) is 0.265. The normalized spacial score (nSPS) is 12.1. The third-order valence-corrected chi connectivity index (χ3v) is 5.20. The van der Waals surface area contributed by atoms with Gasteiger partial charge in [0.25, 0.3) is 5.91 Å². The molecule has 1 amide bonds. The minimum atomic E-state index is -0.309. The molecule has 0 unspecified atom stereocenters. The second-order valence-corrected chi connectivity index (χ2v) is 8.93. The Morgan fingerprint density at radius 1 is 1.03 bits per heavy atom. The maximum Gasteiger partial charge on any atom is 0.258 e. The van der Waals surface area contributed by atoms with Gasteiger partial charge in [-0.3, -0.25) is 15.2 Å². The van der Waals surface area contributed by atoms with Crippen LogP contribution in [0.4, 0.5) is 11.4 Å². The Labute approximate surface area is 191 Å². The monoisotopic (exact) mass is 445 g/mol. The maximum absolute atomic E-state index is 12.9. The maximum atomic E-state index is 12.9. The molecule has 32 heavy (non-hydrogen) atoms. The second-order valence-electron chi connectivity index (χ2n) is 8.49. The van der Waals surface area contributed by atoms with Crippen LogP contribution < -0.4 is 10.6 Å². The van der Waals surface area contributed by atoms with Crippen molar-refractivity contribution in [1.29, 1.82) is 0 Å². The molecular weight excluding hydrogens is 422 g/mol. The smallest absolute Gasteiger partial charge is 0.258 e. The van der Waals surface area contributed by atoms with Crippen LogP contribution in [-0.2, 0) is 5.41 Å². The van der Waals surface area contributed by atoms with E-state index in [0.717, 1.165) is 27.8 Å². The van der Waals surface area contributed by atoms with Gasteiger partial charge in [0, 0.05) is 21.7 Å². The first-order chi connectivity index (χ1) is 15.3. The number of carbonyl (C=O) groups excluding carboxylic acids is 1. The fourth-order valence-electron chi connectivity index (χ4n) is 3.38. The lowest BCUT2D eigenvalue weighted by Gasteiger charge is -2.21. The average molecular weight is 446 g/mol. The standard InChI is InChI=1S/C25H24ClN5O/c1-25(2,3)20-9-4-5-10-22(20)29-24(30-23(32)16-7-6-8-18(26)13-16)28-19-11-12-21-17(14-19)15-27-31-21/h4-15H,1-3H3,(H,27,31)(H2,28,29,30,32). The number of hydrogen-bond donors (Lipinski definition) is 3. The molecule has 7 heteroatoms. The summed E-state index contributed by atoms with van der Waals surface area (Å²) in [5, 5.41) is 14.6.